The number of carbonyl (C=O) groups is 2. The summed E-state index contributed by atoms with van der Waals surface area (Å²) in [4.78, 5) is 27.0. The molecule has 7 heteroatoms. The fraction of sp³-hybridized carbons (Fsp3) is 0.136. The number of benzene rings is 2. The molecular formula is C22H21Cl2N3O2. The van der Waals surface area contributed by atoms with Crippen LogP contribution in [0.1, 0.15) is 32.0 Å². The average molecular weight is 430 g/mol. The molecule has 2 aromatic carbocycles. The lowest BCUT2D eigenvalue weighted by molar-refractivity contribution is 0.0962. The minimum atomic E-state index is -0.226. The van der Waals surface area contributed by atoms with Crippen LogP contribution in [0.5, 0.6) is 0 Å². The Hall–Kier alpha value is -2.89. The zero-order valence-corrected chi connectivity index (χ0v) is 17.8. The lowest BCUT2D eigenvalue weighted by atomic mass is 10.1. The number of aromatic nitrogens is 1. The molecule has 0 unspecified atom stereocenters. The largest absolute Gasteiger partial charge is 0.355 e. The fourth-order valence-corrected chi connectivity index (χ4v) is 2.98. The van der Waals surface area contributed by atoms with Crippen LogP contribution in [0, 0.1) is 13.8 Å². The number of aryl methyl sites for hydroxylation is 2. The number of pyridine rings is 1. The summed E-state index contributed by atoms with van der Waals surface area (Å²) in [6, 6.07) is 15.8. The SMILES string of the molecule is CNC(=O)c1cc(C)cc(Cl)c1.Cc1cc(Cl)ccc1NC(=O)c1ccccn1. The molecule has 0 spiro atoms. The quantitative estimate of drug-likeness (QED) is 0.592. The summed E-state index contributed by atoms with van der Waals surface area (Å²) in [5.41, 5.74) is 3.64. The smallest absolute Gasteiger partial charge is 0.274 e. The van der Waals surface area contributed by atoms with E-state index in [0.717, 1.165) is 16.8 Å². The lowest BCUT2D eigenvalue weighted by Gasteiger charge is -2.07. The van der Waals surface area contributed by atoms with Gasteiger partial charge in [0.05, 0.1) is 0 Å². The molecule has 150 valence electrons. The van der Waals surface area contributed by atoms with Crippen LogP contribution in [-0.2, 0) is 0 Å². The first-order valence-corrected chi connectivity index (χ1v) is 9.53. The third kappa shape index (κ3) is 6.89. The van der Waals surface area contributed by atoms with Crippen molar-refractivity contribution < 1.29 is 9.59 Å². The van der Waals surface area contributed by atoms with Crippen molar-refractivity contribution in [2.24, 2.45) is 0 Å². The van der Waals surface area contributed by atoms with Crippen LogP contribution in [0.25, 0.3) is 0 Å². The van der Waals surface area contributed by atoms with Gasteiger partial charge in [0.2, 0.25) is 0 Å². The minimum absolute atomic E-state index is 0.111. The van der Waals surface area contributed by atoms with Crippen molar-refractivity contribution in [2.45, 2.75) is 13.8 Å². The van der Waals surface area contributed by atoms with Gasteiger partial charge in [0, 0.05) is 34.5 Å². The van der Waals surface area contributed by atoms with Crippen molar-refractivity contribution in [2.75, 3.05) is 12.4 Å². The number of carbonyl (C=O) groups excluding carboxylic acids is 2. The fourth-order valence-electron chi connectivity index (χ4n) is 2.46. The monoisotopic (exact) mass is 429 g/mol. The number of halogens is 2. The van der Waals surface area contributed by atoms with E-state index in [-0.39, 0.29) is 11.8 Å². The molecule has 1 heterocycles. The van der Waals surface area contributed by atoms with E-state index in [1.165, 1.54) is 0 Å². The van der Waals surface area contributed by atoms with Gasteiger partial charge < -0.3 is 10.6 Å². The molecule has 0 atom stereocenters. The highest BCUT2D eigenvalue weighted by Gasteiger charge is 2.08. The van der Waals surface area contributed by atoms with E-state index < -0.39 is 0 Å². The Bertz CT molecular complexity index is 988. The molecule has 0 saturated heterocycles. The van der Waals surface area contributed by atoms with Gasteiger partial charge in [-0.2, -0.15) is 0 Å². The average Bonchev–Trinajstić information content (AvgIpc) is 2.70. The summed E-state index contributed by atoms with van der Waals surface area (Å²) in [5.74, 6) is -0.336. The van der Waals surface area contributed by atoms with Gasteiger partial charge in [0.25, 0.3) is 11.8 Å². The maximum Gasteiger partial charge on any atom is 0.274 e. The van der Waals surface area contributed by atoms with E-state index in [2.05, 4.69) is 15.6 Å². The first-order chi connectivity index (χ1) is 13.8. The van der Waals surface area contributed by atoms with Crippen LogP contribution >= 0.6 is 23.2 Å². The van der Waals surface area contributed by atoms with Crippen LogP contribution < -0.4 is 10.6 Å². The Morgan fingerprint density at radius 3 is 2.24 bits per heavy atom. The number of nitrogens with zero attached hydrogens (tertiary/aromatic N) is 1. The first kappa shape index (κ1) is 22.4. The van der Waals surface area contributed by atoms with Crippen molar-refractivity contribution in [3.8, 4) is 0 Å². The van der Waals surface area contributed by atoms with Crippen LogP contribution in [0.15, 0.2) is 60.8 Å². The molecule has 3 aromatic rings. The number of hydrogen-bond acceptors (Lipinski definition) is 3. The Balaban J connectivity index is 0.000000221. The zero-order chi connectivity index (χ0) is 21.4. The predicted molar refractivity (Wildman–Crippen MR) is 118 cm³/mol. The molecule has 0 radical (unpaired) electrons. The highest BCUT2D eigenvalue weighted by Crippen LogP contribution is 2.20. The Labute approximate surface area is 180 Å². The Kier molecular flexibility index (Phi) is 8.19. The normalized spacial score (nSPS) is 9.83. The summed E-state index contributed by atoms with van der Waals surface area (Å²) in [5, 5.41) is 6.57. The molecule has 0 aliphatic heterocycles. The predicted octanol–water partition coefficient (Wildman–Crippen LogP) is 5.30. The van der Waals surface area contributed by atoms with Crippen molar-refractivity contribution in [1.82, 2.24) is 10.3 Å². The summed E-state index contributed by atoms with van der Waals surface area (Å²) in [6.07, 6.45) is 1.59. The van der Waals surface area contributed by atoms with Crippen molar-refractivity contribution in [3.05, 3.63) is 93.2 Å². The maximum absolute atomic E-state index is 11.8. The van der Waals surface area contributed by atoms with E-state index in [9.17, 15) is 9.59 Å². The number of amides is 2. The van der Waals surface area contributed by atoms with E-state index in [4.69, 9.17) is 23.2 Å². The third-order valence-corrected chi connectivity index (χ3v) is 4.32. The van der Waals surface area contributed by atoms with E-state index >= 15 is 0 Å². The molecule has 2 amide bonds. The van der Waals surface area contributed by atoms with Crippen molar-refractivity contribution in [1.29, 1.82) is 0 Å². The maximum atomic E-state index is 11.8. The minimum Gasteiger partial charge on any atom is -0.355 e. The molecule has 0 aliphatic rings. The second-order valence-corrected chi connectivity index (χ2v) is 7.10. The van der Waals surface area contributed by atoms with Gasteiger partial charge in [-0.1, -0.05) is 29.3 Å². The number of rotatable bonds is 3. The second kappa shape index (κ2) is 10.6. The first-order valence-electron chi connectivity index (χ1n) is 8.78. The standard InChI is InChI=1S/C13H11ClN2O.C9H10ClNO/c1-9-8-10(14)5-6-11(9)16-13(17)12-4-2-3-7-15-12;1-6-3-7(9(12)11-2)5-8(10)4-6/h2-8H,1H3,(H,16,17);3-5H,1-2H3,(H,11,12). The van der Waals surface area contributed by atoms with Crippen LogP contribution in [0.4, 0.5) is 5.69 Å². The molecule has 0 aliphatic carbocycles. The van der Waals surface area contributed by atoms with Gasteiger partial charge in [-0.25, -0.2) is 0 Å². The van der Waals surface area contributed by atoms with E-state index in [1.54, 1.807) is 61.8 Å². The summed E-state index contributed by atoms with van der Waals surface area (Å²) >= 11 is 11.6. The Morgan fingerprint density at radius 1 is 0.897 bits per heavy atom. The molecule has 29 heavy (non-hydrogen) atoms. The highest BCUT2D eigenvalue weighted by molar-refractivity contribution is 6.31. The number of nitrogens with one attached hydrogen (secondary N) is 2. The van der Waals surface area contributed by atoms with Crippen molar-refractivity contribution >= 4 is 40.7 Å². The molecule has 2 N–H and O–H groups in total. The van der Waals surface area contributed by atoms with E-state index in [0.29, 0.717) is 21.3 Å². The molecule has 5 nitrogen and oxygen atoms in total. The molecular weight excluding hydrogens is 409 g/mol. The second-order valence-electron chi connectivity index (χ2n) is 6.22. The summed E-state index contributed by atoms with van der Waals surface area (Å²) in [6.45, 7) is 3.79. The molecule has 3 rings (SSSR count). The molecule has 1 aromatic heterocycles. The highest BCUT2D eigenvalue weighted by atomic mass is 35.5. The van der Waals surface area contributed by atoms with Gasteiger partial charge in [0.15, 0.2) is 0 Å². The lowest BCUT2D eigenvalue weighted by Crippen LogP contribution is -2.17. The topological polar surface area (TPSA) is 71.1 Å². The molecule has 0 saturated carbocycles. The van der Waals surface area contributed by atoms with Crippen LogP contribution in [0.3, 0.4) is 0 Å². The van der Waals surface area contributed by atoms with Crippen LogP contribution in [0.2, 0.25) is 10.0 Å². The Morgan fingerprint density at radius 2 is 1.66 bits per heavy atom. The number of anilines is 1. The van der Waals surface area contributed by atoms with E-state index in [1.807, 2.05) is 19.9 Å². The molecule has 0 bridgehead atoms. The third-order valence-electron chi connectivity index (χ3n) is 3.87. The van der Waals surface area contributed by atoms with Crippen molar-refractivity contribution in [3.63, 3.8) is 0 Å². The zero-order valence-electron chi connectivity index (χ0n) is 16.3. The van der Waals surface area contributed by atoms with Gasteiger partial charge in [-0.3, -0.25) is 14.6 Å². The van der Waals surface area contributed by atoms with Gasteiger partial charge in [-0.05, 0) is 73.5 Å². The molecule has 0 fully saturated rings. The van der Waals surface area contributed by atoms with Gasteiger partial charge in [0.1, 0.15) is 5.69 Å². The van der Waals surface area contributed by atoms with Crippen LogP contribution in [-0.4, -0.2) is 23.8 Å². The van der Waals surface area contributed by atoms with Gasteiger partial charge >= 0.3 is 0 Å². The van der Waals surface area contributed by atoms with Gasteiger partial charge in [-0.15, -0.1) is 0 Å². The number of hydrogen-bond donors (Lipinski definition) is 2. The summed E-state index contributed by atoms with van der Waals surface area (Å²) in [7, 11) is 1.60. The summed E-state index contributed by atoms with van der Waals surface area (Å²) < 4.78 is 0.